The fraction of sp³-hybridized carbons (Fsp3) is 0.630. The van der Waals surface area contributed by atoms with Crippen molar-refractivity contribution in [2.75, 3.05) is 7.11 Å². The van der Waals surface area contributed by atoms with E-state index in [0.29, 0.717) is 11.1 Å². The minimum atomic E-state index is -1.81. The molecule has 1 aromatic rings. The van der Waals surface area contributed by atoms with Crippen LogP contribution in [0.1, 0.15) is 106 Å². The second kappa shape index (κ2) is 14.0. The number of carbonyl (C=O) groups is 7. The molecule has 2 bridgehead atoms. The molecule has 6 aliphatic rings. The van der Waals surface area contributed by atoms with Crippen molar-refractivity contribution in [3.8, 4) is 0 Å². The van der Waals surface area contributed by atoms with E-state index in [1.165, 1.54) is 34.8 Å². The van der Waals surface area contributed by atoms with Crippen LogP contribution >= 0.6 is 0 Å². The zero-order valence-corrected chi connectivity index (χ0v) is 36.4. The lowest BCUT2D eigenvalue weighted by molar-refractivity contribution is -0.291. The zero-order valence-electron chi connectivity index (χ0n) is 36.4. The van der Waals surface area contributed by atoms with Crippen LogP contribution in [0.4, 0.5) is 0 Å². The Morgan fingerprint density at radius 1 is 0.750 bits per heavy atom. The van der Waals surface area contributed by atoms with Gasteiger partial charge in [-0.05, 0) is 69.2 Å². The van der Waals surface area contributed by atoms with Crippen LogP contribution in [0.3, 0.4) is 0 Å². The molecule has 324 valence electrons. The number of ether oxygens (including phenoxy) is 7. The highest BCUT2D eigenvalue weighted by atomic mass is 16.6. The van der Waals surface area contributed by atoms with Gasteiger partial charge in [0.1, 0.15) is 29.3 Å². The molecular weight excluding hydrogens is 776 g/mol. The maximum atomic E-state index is 15.0. The van der Waals surface area contributed by atoms with Gasteiger partial charge in [0.2, 0.25) is 0 Å². The summed E-state index contributed by atoms with van der Waals surface area (Å²) in [5.41, 5.74) is -7.18. The maximum absolute atomic E-state index is 15.0. The normalized spacial score (nSPS) is 42.4. The molecule has 0 amide bonds. The van der Waals surface area contributed by atoms with E-state index in [0.717, 1.165) is 0 Å². The van der Waals surface area contributed by atoms with E-state index in [1.807, 2.05) is 34.6 Å². The summed E-state index contributed by atoms with van der Waals surface area (Å²) in [5, 5.41) is 0. The van der Waals surface area contributed by atoms with E-state index in [9.17, 15) is 33.6 Å². The minimum Gasteiger partial charge on any atom is -0.493 e. The molecule has 5 aliphatic carbocycles. The Kier molecular flexibility index (Phi) is 10.1. The second-order valence-electron chi connectivity index (χ2n) is 18.8. The van der Waals surface area contributed by atoms with Crippen molar-refractivity contribution in [3.05, 3.63) is 58.9 Å². The van der Waals surface area contributed by atoms with Crippen molar-refractivity contribution in [2.24, 2.45) is 44.8 Å². The molecule has 2 spiro atoms. The summed E-state index contributed by atoms with van der Waals surface area (Å²) < 4.78 is 44.3. The number of hydrogen-bond acceptors (Lipinski definition) is 14. The molecule has 3 saturated carbocycles. The Bertz CT molecular complexity index is 2140. The minimum absolute atomic E-state index is 0.00378. The maximum Gasteiger partial charge on any atom is 0.338 e. The first kappa shape index (κ1) is 43.1. The van der Waals surface area contributed by atoms with E-state index < -0.39 is 117 Å². The van der Waals surface area contributed by atoms with Crippen molar-refractivity contribution in [1.29, 1.82) is 0 Å². The van der Waals surface area contributed by atoms with Gasteiger partial charge < -0.3 is 33.2 Å². The van der Waals surface area contributed by atoms with Gasteiger partial charge in [0.25, 0.3) is 0 Å². The summed E-state index contributed by atoms with van der Waals surface area (Å²) in [5.74, 6) is -6.31. The molecule has 0 unspecified atom stereocenters. The Labute approximate surface area is 350 Å². The van der Waals surface area contributed by atoms with E-state index in [4.69, 9.17) is 33.2 Å². The molecule has 1 aromatic carbocycles. The quantitative estimate of drug-likeness (QED) is 0.183. The van der Waals surface area contributed by atoms with Gasteiger partial charge in [0, 0.05) is 63.2 Å². The molecule has 0 radical (unpaired) electrons. The Hall–Kier alpha value is -5.01. The number of hydrogen-bond donors (Lipinski definition) is 0. The molecular formula is C46H56O14. The second-order valence-corrected chi connectivity index (χ2v) is 18.8. The average molecular weight is 833 g/mol. The van der Waals surface area contributed by atoms with Crippen molar-refractivity contribution < 1.29 is 66.7 Å². The molecule has 60 heavy (non-hydrogen) atoms. The number of esters is 6. The van der Waals surface area contributed by atoms with Crippen molar-refractivity contribution >= 4 is 41.6 Å². The topological polar surface area (TPSA) is 184 Å². The highest BCUT2D eigenvalue weighted by Gasteiger charge is 2.90. The molecule has 1 saturated heterocycles. The van der Waals surface area contributed by atoms with Crippen LogP contribution in [0.5, 0.6) is 0 Å². The lowest BCUT2D eigenvalue weighted by Gasteiger charge is -2.69. The summed E-state index contributed by atoms with van der Waals surface area (Å²) in [4.78, 5) is 96.3. The van der Waals surface area contributed by atoms with Crippen LogP contribution in [0.15, 0.2) is 53.3 Å². The monoisotopic (exact) mass is 832 g/mol. The predicted molar refractivity (Wildman–Crippen MR) is 210 cm³/mol. The molecule has 1 heterocycles. The third-order valence-corrected chi connectivity index (χ3v) is 16.0. The van der Waals surface area contributed by atoms with Gasteiger partial charge in [-0.2, -0.15) is 0 Å². The number of rotatable bonds is 7. The van der Waals surface area contributed by atoms with Gasteiger partial charge >= 0.3 is 35.8 Å². The van der Waals surface area contributed by atoms with Crippen molar-refractivity contribution in [1.82, 2.24) is 0 Å². The van der Waals surface area contributed by atoms with Gasteiger partial charge in [-0.15, -0.1) is 0 Å². The summed E-state index contributed by atoms with van der Waals surface area (Å²) in [6, 6.07) is 8.30. The third kappa shape index (κ3) is 5.39. The molecule has 4 fully saturated rings. The third-order valence-electron chi connectivity index (χ3n) is 16.0. The lowest BCUT2D eigenvalue weighted by atomic mass is 9.36. The number of fused-ring (bicyclic) bond motifs is 5. The predicted octanol–water partition coefficient (Wildman–Crippen LogP) is 5.79. The first-order chi connectivity index (χ1) is 27.9. The van der Waals surface area contributed by atoms with E-state index in [1.54, 1.807) is 50.3 Å². The molecule has 7 rings (SSSR count). The Morgan fingerprint density at radius 3 is 1.88 bits per heavy atom. The summed E-state index contributed by atoms with van der Waals surface area (Å²) >= 11 is 0. The molecule has 0 aromatic heterocycles. The molecule has 14 atom stereocenters. The Balaban J connectivity index is 1.61. The molecule has 0 N–H and O–H groups in total. The largest absolute Gasteiger partial charge is 0.493 e. The standard InChI is InChI=1S/C46H56O14/c1-22-18-33(59-39(52)29-16-14-13-15-17-29)44(11)38(58-28(7)50)37(57-27(6)49)42(9)21-45(44,60-40(42)53)46(22)24(3)36(56-26(5)48)43(10)32-19-30(51)34(54-12)23(2)41(32,8)20-31(35(43)46)55-25(4)47/h13-18,24,31-33,35-38H,19-21H2,1-12H3/t24-,31+,32-,33-,35-,36-,37+,38-,41+,42+,43-,44-,45+,46-/m0/s1. The fourth-order valence-corrected chi connectivity index (χ4v) is 13.9. The molecule has 14 heteroatoms. The van der Waals surface area contributed by atoms with E-state index >= 15 is 0 Å². The lowest BCUT2D eigenvalue weighted by Crippen LogP contribution is -2.78. The van der Waals surface area contributed by atoms with Crippen LogP contribution in [-0.4, -0.2) is 84.8 Å². The van der Waals surface area contributed by atoms with Crippen molar-refractivity contribution in [2.45, 2.75) is 132 Å². The zero-order chi connectivity index (χ0) is 44.3. The highest BCUT2D eigenvalue weighted by molar-refractivity contribution is 5.96. The highest BCUT2D eigenvalue weighted by Crippen LogP contribution is 2.82. The number of ketones is 1. The van der Waals surface area contributed by atoms with E-state index in [-0.39, 0.29) is 36.4 Å². The van der Waals surface area contributed by atoms with Crippen LogP contribution in [0, 0.1) is 44.8 Å². The summed E-state index contributed by atoms with van der Waals surface area (Å²) in [7, 11) is 1.44. The van der Waals surface area contributed by atoms with E-state index in [2.05, 4.69) is 0 Å². The number of carbonyl (C=O) groups excluding carboxylic acids is 7. The van der Waals surface area contributed by atoms with Gasteiger partial charge in [-0.1, -0.05) is 44.5 Å². The summed E-state index contributed by atoms with van der Waals surface area (Å²) in [6.45, 7) is 17.9. The van der Waals surface area contributed by atoms with Crippen LogP contribution < -0.4 is 0 Å². The first-order valence-corrected chi connectivity index (χ1v) is 20.6. The first-order valence-electron chi connectivity index (χ1n) is 20.6. The van der Waals surface area contributed by atoms with Gasteiger partial charge in [-0.25, -0.2) is 4.79 Å². The number of allylic oxidation sites excluding steroid dienone is 2. The van der Waals surface area contributed by atoms with Crippen LogP contribution in [0.2, 0.25) is 0 Å². The van der Waals surface area contributed by atoms with Gasteiger partial charge in [0.05, 0.1) is 18.1 Å². The smallest absolute Gasteiger partial charge is 0.338 e. The number of Topliss-reactive ketones (excluding diaryl/α,β-unsaturated/α-hetero) is 1. The van der Waals surface area contributed by atoms with Crippen molar-refractivity contribution in [3.63, 3.8) is 0 Å². The molecule has 1 aliphatic heterocycles. The Morgan fingerprint density at radius 2 is 1.32 bits per heavy atom. The van der Waals surface area contributed by atoms with Gasteiger partial charge in [-0.3, -0.25) is 28.8 Å². The summed E-state index contributed by atoms with van der Waals surface area (Å²) in [6.07, 6.45) is -4.25. The molecule has 14 nitrogen and oxygen atoms in total. The van der Waals surface area contributed by atoms with Crippen LogP contribution in [0.25, 0.3) is 0 Å². The number of methoxy groups -OCH3 is 1. The fourth-order valence-electron chi connectivity index (χ4n) is 13.9. The SMILES string of the molecule is COC1=C(C)[C@@]2(C)C[C@@H](OC(C)=O)[C@H]3[C@](C)([C@H]2CC1=O)[C@@H](OC(C)=O)[C@H](C)[C@@]31C(C)=C[C@H](OC(=O)c2ccccc2)[C@@]2(C)[C@@H](OC(C)=O)[C@@H](OC(C)=O)[C@@]3(C)C[C@@]21OC3=O. The average Bonchev–Trinajstić information content (AvgIpc) is 3.53. The number of benzene rings is 1. The van der Waals surface area contributed by atoms with Crippen LogP contribution in [-0.2, 0) is 61.9 Å². The van der Waals surface area contributed by atoms with Gasteiger partial charge in [0.15, 0.2) is 23.8 Å².